The molecule has 1 amide bonds. The third kappa shape index (κ3) is 3.77. The fraction of sp³-hybridized carbons (Fsp3) is 0.600. The lowest BCUT2D eigenvalue weighted by Crippen LogP contribution is -2.54. The largest absolute Gasteiger partial charge is 0.340 e. The molecule has 0 atom stereocenters. The summed E-state index contributed by atoms with van der Waals surface area (Å²) in [6, 6.07) is 3.81. The van der Waals surface area contributed by atoms with Crippen LogP contribution in [0.4, 0.5) is 0 Å². The Labute approximate surface area is 115 Å². The molecule has 0 radical (unpaired) electrons. The molecule has 4 heteroatoms. The summed E-state index contributed by atoms with van der Waals surface area (Å²) in [5.41, 5.74) is 1.23. The molecule has 1 aromatic rings. The van der Waals surface area contributed by atoms with Gasteiger partial charge in [-0.15, -0.1) is 0 Å². The highest BCUT2D eigenvalue weighted by atomic mass is 16.2. The molecule has 0 aromatic carbocycles. The number of nitrogens with zero attached hydrogens (tertiary/aromatic N) is 3. The molecule has 1 fully saturated rings. The first-order valence-electron chi connectivity index (χ1n) is 6.88. The number of pyridine rings is 1. The zero-order valence-electron chi connectivity index (χ0n) is 12.1. The molecule has 0 spiro atoms. The predicted octanol–water partition coefficient (Wildman–Crippen LogP) is 1.57. The van der Waals surface area contributed by atoms with Crippen molar-refractivity contribution < 1.29 is 4.79 Å². The first-order valence-corrected chi connectivity index (χ1v) is 6.88. The van der Waals surface area contributed by atoms with Gasteiger partial charge in [-0.3, -0.25) is 14.7 Å². The minimum atomic E-state index is 0.195. The summed E-state index contributed by atoms with van der Waals surface area (Å²) in [5, 5.41) is 0. The van der Waals surface area contributed by atoms with E-state index in [9.17, 15) is 4.79 Å². The van der Waals surface area contributed by atoms with Crippen molar-refractivity contribution in [2.45, 2.75) is 32.7 Å². The average Bonchev–Trinajstić information content (AvgIpc) is 2.39. The molecule has 0 unspecified atom stereocenters. The Morgan fingerprint density at radius 2 is 1.74 bits per heavy atom. The number of hydrogen-bond donors (Lipinski definition) is 0. The summed E-state index contributed by atoms with van der Waals surface area (Å²) in [6.45, 7) is 10.3. The molecule has 4 nitrogen and oxygen atoms in total. The molecule has 104 valence electrons. The maximum atomic E-state index is 12.2. The average molecular weight is 261 g/mol. The van der Waals surface area contributed by atoms with Crippen molar-refractivity contribution in [3.63, 3.8) is 0 Å². The van der Waals surface area contributed by atoms with E-state index in [4.69, 9.17) is 0 Å². The number of amides is 1. The van der Waals surface area contributed by atoms with E-state index in [-0.39, 0.29) is 11.4 Å². The molecular formula is C15H23N3O. The van der Waals surface area contributed by atoms with Gasteiger partial charge in [0.25, 0.3) is 0 Å². The van der Waals surface area contributed by atoms with Crippen molar-refractivity contribution in [2.75, 3.05) is 26.2 Å². The summed E-state index contributed by atoms with van der Waals surface area (Å²) in [6.07, 6.45) is 3.96. The van der Waals surface area contributed by atoms with Crippen molar-refractivity contribution >= 4 is 5.91 Å². The van der Waals surface area contributed by atoms with Crippen LogP contribution in [0.5, 0.6) is 0 Å². The highest BCUT2D eigenvalue weighted by molar-refractivity contribution is 5.78. The fourth-order valence-corrected chi connectivity index (χ4v) is 2.41. The van der Waals surface area contributed by atoms with Crippen LogP contribution in [0.1, 0.15) is 26.3 Å². The van der Waals surface area contributed by atoms with Crippen molar-refractivity contribution in [1.82, 2.24) is 14.8 Å². The van der Waals surface area contributed by atoms with Gasteiger partial charge in [0, 0.05) is 44.1 Å². The molecule has 1 saturated heterocycles. The smallest absolute Gasteiger partial charge is 0.227 e. The molecular weight excluding hydrogens is 238 g/mol. The van der Waals surface area contributed by atoms with Crippen LogP contribution in [0.2, 0.25) is 0 Å². The molecule has 1 aliphatic heterocycles. The number of piperazine rings is 1. The van der Waals surface area contributed by atoms with Gasteiger partial charge in [0.2, 0.25) is 5.91 Å². The number of hydrogen-bond acceptors (Lipinski definition) is 3. The molecule has 2 heterocycles. The highest BCUT2D eigenvalue weighted by Gasteiger charge is 2.27. The van der Waals surface area contributed by atoms with Crippen molar-refractivity contribution in [3.8, 4) is 0 Å². The molecule has 19 heavy (non-hydrogen) atoms. The van der Waals surface area contributed by atoms with E-state index in [2.05, 4.69) is 30.7 Å². The summed E-state index contributed by atoms with van der Waals surface area (Å²) in [7, 11) is 0. The van der Waals surface area contributed by atoms with E-state index in [0.717, 1.165) is 31.7 Å². The van der Waals surface area contributed by atoms with E-state index in [1.807, 2.05) is 17.0 Å². The normalized spacial score (nSPS) is 17.5. The van der Waals surface area contributed by atoms with E-state index in [0.29, 0.717) is 6.42 Å². The lowest BCUT2D eigenvalue weighted by atomic mass is 10.0. The molecule has 0 saturated carbocycles. The summed E-state index contributed by atoms with van der Waals surface area (Å²) >= 11 is 0. The van der Waals surface area contributed by atoms with Crippen LogP contribution in [0.3, 0.4) is 0 Å². The van der Waals surface area contributed by atoms with Gasteiger partial charge in [-0.05, 0) is 38.5 Å². The minimum Gasteiger partial charge on any atom is -0.340 e. The molecule has 0 bridgehead atoms. The Balaban J connectivity index is 1.86. The minimum absolute atomic E-state index is 0.195. The van der Waals surface area contributed by atoms with E-state index in [1.54, 1.807) is 12.4 Å². The Morgan fingerprint density at radius 1 is 1.16 bits per heavy atom. The third-order valence-corrected chi connectivity index (χ3v) is 3.69. The van der Waals surface area contributed by atoms with Gasteiger partial charge in [-0.25, -0.2) is 0 Å². The lowest BCUT2D eigenvalue weighted by molar-refractivity contribution is -0.133. The maximum absolute atomic E-state index is 12.2. The van der Waals surface area contributed by atoms with E-state index >= 15 is 0 Å². The second-order valence-electron chi connectivity index (χ2n) is 6.07. The van der Waals surface area contributed by atoms with Crippen LogP contribution in [0.25, 0.3) is 0 Å². The van der Waals surface area contributed by atoms with Crippen molar-refractivity contribution in [3.05, 3.63) is 30.1 Å². The van der Waals surface area contributed by atoms with Crippen LogP contribution in [0.15, 0.2) is 24.5 Å². The van der Waals surface area contributed by atoms with Gasteiger partial charge < -0.3 is 4.90 Å². The fourth-order valence-electron chi connectivity index (χ4n) is 2.41. The number of carbonyl (C=O) groups is 1. The van der Waals surface area contributed by atoms with Crippen LogP contribution >= 0.6 is 0 Å². The monoisotopic (exact) mass is 261 g/mol. The van der Waals surface area contributed by atoms with Gasteiger partial charge in [0.05, 0.1) is 6.42 Å². The number of aromatic nitrogens is 1. The van der Waals surface area contributed by atoms with Gasteiger partial charge in [-0.1, -0.05) is 0 Å². The zero-order chi connectivity index (χ0) is 13.9. The first kappa shape index (κ1) is 14.0. The Bertz CT molecular complexity index is 417. The van der Waals surface area contributed by atoms with Gasteiger partial charge in [0.1, 0.15) is 0 Å². The lowest BCUT2D eigenvalue weighted by Gasteiger charge is -2.42. The molecule has 1 aliphatic rings. The first-order chi connectivity index (χ1) is 8.97. The maximum Gasteiger partial charge on any atom is 0.227 e. The van der Waals surface area contributed by atoms with Gasteiger partial charge in [-0.2, -0.15) is 0 Å². The third-order valence-electron chi connectivity index (χ3n) is 3.69. The van der Waals surface area contributed by atoms with E-state index < -0.39 is 0 Å². The summed E-state index contributed by atoms with van der Waals surface area (Å²) in [5.74, 6) is 0.222. The van der Waals surface area contributed by atoms with Crippen LogP contribution in [-0.4, -0.2) is 52.4 Å². The van der Waals surface area contributed by atoms with E-state index in [1.165, 1.54) is 0 Å². The van der Waals surface area contributed by atoms with Crippen LogP contribution in [0, 0.1) is 0 Å². The zero-order valence-corrected chi connectivity index (χ0v) is 12.1. The Hall–Kier alpha value is -1.42. The van der Waals surface area contributed by atoms with Crippen LogP contribution < -0.4 is 0 Å². The molecule has 1 aromatic heterocycles. The van der Waals surface area contributed by atoms with Crippen LogP contribution in [-0.2, 0) is 11.2 Å². The second kappa shape index (κ2) is 5.70. The number of rotatable bonds is 2. The summed E-state index contributed by atoms with van der Waals surface area (Å²) < 4.78 is 0. The number of carbonyl (C=O) groups excluding carboxylic acids is 1. The topological polar surface area (TPSA) is 36.4 Å². The molecule has 0 aliphatic carbocycles. The molecule has 0 N–H and O–H groups in total. The standard InChI is InChI=1S/C15H23N3O/c1-15(2,3)18-10-8-17(9-11-18)14(19)12-13-4-6-16-7-5-13/h4-7H,8-12H2,1-3H3. The Morgan fingerprint density at radius 3 is 2.26 bits per heavy atom. The highest BCUT2D eigenvalue weighted by Crippen LogP contribution is 2.16. The molecule has 2 rings (SSSR count). The second-order valence-corrected chi connectivity index (χ2v) is 6.07. The SMILES string of the molecule is CC(C)(C)N1CCN(C(=O)Cc2ccncc2)CC1. The van der Waals surface area contributed by atoms with Crippen molar-refractivity contribution in [1.29, 1.82) is 0 Å². The quantitative estimate of drug-likeness (QED) is 0.811. The van der Waals surface area contributed by atoms with Gasteiger partial charge in [0.15, 0.2) is 0 Å². The summed E-state index contributed by atoms with van der Waals surface area (Å²) in [4.78, 5) is 20.6. The Kier molecular flexibility index (Phi) is 4.20. The van der Waals surface area contributed by atoms with Crippen molar-refractivity contribution in [2.24, 2.45) is 0 Å². The predicted molar refractivity (Wildman–Crippen MR) is 75.8 cm³/mol. The van der Waals surface area contributed by atoms with Gasteiger partial charge >= 0.3 is 0 Å².